The number of hydrogen-bond donors (Lipinski definition) is 2. The van der Waals surface area contributed by atoms with E-state index in [1.807, 2.05) is 0 Å². The SMILES string of the molecule is COc1ccccc1C(=O)CCC(=O)Nc1oc(C)c(C(C)=O)c1C(N)=O. The normalized spacial score (nSPS) is 10.3. The zero-order chi connectivity index (χ0) is 20.1. The first-order chi connectivity index (χ1) is 12.8. The molecule has 0 fully saturated rings. The van der Waals surface area contributed by atoms with Gasteiger partial charge in [0.2, 0.25) is 11.8 Å². The second-order valence-corrected chi connectivity index (χ2v) is 5.83. The van der Waals surface area contributed by atoms with E-state index in [-0.39, 0.29) is 41.4 Å². The molecule has 0 atom stereocenters. The van der Waals surface area contributed by atoms with E-state index in [1.165, 1.54) is 21.0 Å². The fourth-order valence-electron chi connectivity index (χ4n) is 2.72. The van der Waals surface area contributed by atoms with E-state index in [0.29, 0.717) is 11.3 Å². The molecule has 8 heteroatoms. The summed E-state index contributed by atoms with van der Waals surface area (Å²) in [5, 5.41) is 2.40. The van der Waals surface area contributed by atoms with Crippen molar-refractivity contribution in [1.29, 1.82) is 0 Å². The van der Waals surface area contributed by atoms with Crippen LogP contribution < -0.4 is 15.8 Å². The summed E-state index contributed by atoms with van der Waals surface area (Å²) >= 11 is 0. The van der Waals surface area contributed by atoms with Gasteiger partial charge in [-0.2, -0.15) is 0 Å². The minimum atomic E-state index is -0.891. The predicted octanol–water partition coefficient (Wildman–Crippen LogP) is 2.50. The van der Waals surface area contributed by atoms with Crippen LogP contribution >= 0.6 is 0 Å². The molecule has 1 aromatic carbocycles. The molecular weight excluding hydrogens is 352 g/mol. The molecule has 0 radical (unpaired) electrons. The van der Waals surface area contributed by atoms with Crippen molar-refractivity contribution in [3.63, 3.8) is 0 Å². The molecule has 8 nitrogen and oxygen atoms in total. The van der Waals surface area contributed by atoms with Gasteiger partial charge in [0.1, 0.15) is 17.1 Å². The van der Waals surface area contributed by atoms with E-state index >= 15 is 0 Å². The Labute approximate surface area is 155 Å². The lowest BCUT2D eigenvalue weighted by molar-refractivity contribution is -0.116. The number of primary amides is 1. The first-order valence-electron chi connectivity index (χ1n) is 8.16. The Bertz CT molecular complexity index is 913. The van der Waals surface area contributed by atoms with E-state index in [0.717, 1.165) is 0 Å². The zero-order valence-corrected chi connectivity index (χ0v) is 15.3. The molecule has 0 spiro atoms. The minimum Gasteiger partial charge on any atom is -0.496 e. The van der Waals surface area contributed by atoms with Gasteiger partial charge in [-0.05, 0) is 26.0 Å². The summed E-state index contributed by atoms with van der Waals surface area (Å²) < 4.78 is 10.4. The van der Waals surface area contributed by atoms with E-state index in [4.69, 9.17) is 14.9 Å². The van der Waals surface area contributed by atoms with Crippen LogP contribution in [-0.4, -0.2) is 30.5 Å². The molecule has 27 heavy (non-hydrogen) atoms. The van der Waals surface area contributed by atoms with E-state index in [9.17, 15) is 19.2 Å². The number of furan rings is 1. The van der Waals surface area contributed by atoms with Crippen LogP contribution in [0.1, 0.15) is 56.6 Å². The Morgan fingerprint density at radius 1 is 1.11 bits per heavy atom. The molecule has 0 unspecified atom stereocenters. The van der Waals surface area contributed by atoms with Crippen LogP contribution in [0.3, 0.4) is 0 Å². The van der Waals surface area contributed by atoms with Crippen molar-refractivity contribution >= 4 is 29.3 Å². The molecule has 2 amide bonds. The molecule has 0 aliphatic carbocycles. The molecule has 3 N–H and O–H groups in total. The van der Waals surface area contributed by atoms with E-state index in [1.54, 1.807) is 24.3 Å². The first kappa shape index (κ1) is 19.9. The Balaban J connectivity index is 2.10. The monoisotopic (exact) mass is 372 g/mol. The number of amides is 2. The molecule has 2 aromatic rings. The quantitative estimate of drug-likeness (QED) is 0.685. The second kappa shape index (κ2) is 8.31. The summed E-state index contributed by atoms with van der Waals surface area (Å²) in [6.07, 6.45) is -0.221. The first-order valence-corrected chi connectivity index (χ1v) is 8.16. The van der Waals surface area contributed by atoms with Gasteiger partial charge >= 0.3 is 0 Å². The average Bonchev–Trinajstić information content (AvgIpc) is 2.95. The van der Waals surface area contributed by atoms with Gasteiger partial charge in [0.25, 0.3) is 5.91 Å². The molecule has 1 aromatic heterocycles. The van der Waals surface area contributed by atoms with Crippen LogP contribution in [0, 0.1) is 6.92 Å². The Hall–Kier alpha value is -3.42. The molecule has 142 valence electrons. The highest BCUT2D eigenvalue weighted by atomic mass is 16.5. The van der Waals surface area contributed by atoms with Gasteiger partial charge in [-0.1, -0.05) is 12.1 Å². The van der Waals surface area contributed by atoms with Crippen molar-refractivity contribution < 1.29 is 28.3 Å². The van der Waals surface area contributed by atoms with Crippen LogP contribution in [0.25, 0.3) is 0 Å². The molecule has 0 bridgehead atoms. The summed E-state index contributed by atoms with van der Waals surface area (Å²) in [5.74, 6) is -1.71. The topological polar surface area (TPSA) is 129 Å². The van der Waals surface area contributed by atoms with Crippen LogP contribution in [0.2, 0.25) is 0 Å². The summed E-state index contributed by atoms with van der Waals surface area (Å²) in [6.45, 7) is 2.76. The van der Waals surface area contributed by atoms with E-state index in [2.05, 4.69) is 5.32 Å². The second-order valence-electron chi connectivity index (χ2n) is 5.83. The van der Waals surface area contributed by atoms with Crippen molar-refractivity contribution in [2.45, 2.75) is 26.7 Å². The number of hydrogen-bond acceptors (Lipinski definition) is 6. The van der Waals surface area contributed by atoms with Gasteiger partial charge < -0.3 is 14.9 Å². The third kappa shape index (κ3) is 4.41. The average molecular weight is 372 g/mol. The third-order valence-electron chi connectivity index (χ3n) is 3.92. The fraction of sp³-hybridized carbons (Fsp3) is 0.263. The molecule has 0 aliphatic rings. The Morgan fingerprint density at radius 3 is 2.37 bits per heavy atom. The van der Waals surface area contributed by atoms with Crippen LogP contribution in [0.4, 0.5) is 5.88 Å². The maximum Gasteiger partial charge on any atom is 0.255 e. The molecule has 0 saturated carbocycles. The van der Waals surface area contributed by atoms with Crippen molar-refractivity contribution in [2.24, 2.45) is 5.73 Å². The Morgan fingerprint density at radius 2 is 1.78 bits per heavy atom. The van der Waals surface area contributed by atoms with E-state index < -0.39 is 17.6 Å². The highest BCUT2D eigenvalue weighted by Crippen LogP contribution is 2.27. The number of rotatable bonds is 8. The molecule has 2 rings (SSSR count). The number of benzene rings is 1. The van der Waals surface area contributed by atoms with Crippen LogP contribution in [-0.2, 0) is 4.79 Å². The van der Waals surface area contributed by atoms with Gasteiger partial charge in [-0.3, -0.25) is 24.5 Å². The van der Waals surface area contributed by atoms with Gasteiger partial charge in [-0.15, -0.1) is 0 Å². The number of aryl methyl sites for hydroxylation is 1. The predicted molar refractivity (Wildman–Crippen MR) is 97.2 cm³/mol. The fourth-order valence-corrected chi connectivity index (χ4v) is 2.72. The summed E-state index contributed by atoms with van der Waals surface area (Å²) in [7, 11) is 1.45. The number of anilines is 1. The van der Waals surface area contributed by atoms with Gasteiger partial charge in [0, 0.05) is 12.8 Å². The zero-order valence-electron chi connectivity index (χ0n) is 15.3. The van der Waals surface area contributed by atoms with Gasteiger partial charge in [0.05, 0.1) is 18.2 Å². The number of ether oxygens (including phenoxy) is 1. The minimum absolute atomic E-state index is 0.0305. The largest absolute Gasteiger partial charge is 0.496 e. The number of carbonyl (C=O) groups is 4. The van der Waals surface area contributed by atoms with Crippen molar-refractivity contribution in [3.05, 3.63) is 46.7 Å². The maximum atomic E-state index is 12.3. The number of nitrogens with two attached hydrogens (primary N) is 1. The van der Waals surface area contributed by atoms with Crippen molar-refractivity contribution in [1.82, 2.24) is 0 Å². The third-order valence-corrected chi connectivity index (χ3v) is 3.92. The molecular formula is C19H20N2O6. The lowest BCUT2D eigenvalue weighted by atomic mass is 10.0. The standard InChI is InChI=1S/C19H20N2O6/c1-10(22)16-11(2)27-19(17(16)18(20)25)21-15(24)9-8-13(23)12-6-4-5-7-14(12)26-3/h4-7H,8-9H2,1-3H3,(H2,20,25)(H,21,24). The molecule has 0 aliphatic heterocycles. The van der Waals surface area contributed by atoms with Crippen LogP contribution in [0.5, 0.6) is 5.75 Å². The number of methoxy groups -OCH3 is 1. The lowest BCUT2D eigenvalue weighted by Crippen LogP contribution is -2.19. The number of ketones is 2. The summed E-state index contributed by atoms with van der Waals surface area (Å²) in [4.78, 5) is 47.8. The number of Topliss-reactive ketones (excluding diaryl/α,β-unsaturated/α-hetero) is 2. The number of nitrogens with one attached hydrogen (secondary N) is 1. The van der Waals surface area contributed by atoms with Crippen molar-refractivity contribution in [3.8, 4) is 5.75 Å². The van der Waals surface area contributed by atoms with Gasteiger partial charge in [-0.25, -0.2) is 0 Å². The maximum absolute atomic E-state index is 12.3. The molecule has 1 heterocycles. The summed E-state index contributed by atoms with van der Waals surface area (Å²) in [5.41, 5.74) is 5.53. The van der Waals surface area contributed by atoms with Gasteiger partial charge in [0.15, 0.2) is 11.6 Å². The Kier molecular flexibility index (Phi) is 6.12. The highest BCUT2D eigenvalue weighted by Gasteiger charge is 2.26. The summed E-state index contributed by atoms with van der Waals surface area (Å²) in [6, 6.07) is 6.70. The van der Waals surface area contributed by atoms with Crippen molar-refractivity contribution in [2.75, 3.05) is 12.4 Å². The highest BCUT2D eigenvalue weighted by molar-refractivity contribution is 6.12. The van der Waals surface area contributed by atoms with Crippen LogP contribution in [0.15, 0.2) is 28.7 Å². The smallest absolute Gasteiger partial charge is 0.255 e. The lowest BCUT2D eigenvalue weighted by Gasteiger charge is -2.07. The molecule has 0 saturated heterocycles. The number of para-hydroxylation sites is 1. The number of carbonyl (C=O) groups excluding carboxylic acids is 4.